The fourth-order valence-corrected chi connectivity index (χ4v) is 4.61. The number of fused-ring (bicyclic) bond motifs is 1. The zero-order chi connectivity index (χ0) is 18.9. The third-order valence-corrected chi connectivity index (χ3v) is 6.48. The van der Waals surface area contributed by atoms with E-state index in [1.165, 1.54) is 0 Å². The number of amides is 2. The molecule has 0 radical (unpaired) electrons. The van der Waals surface area contributed by atoms with Crippen molar-refractivity contribution < 1.29 is 14.3 Å². The number of hydrogen-bond acceptors (Lipinski definition) is 4. The van der Waals surface area contributed by atoms with Crippen molar-refractivity contribution >= 4 is 34.8 Å². The third kappa shape index (κ3) is 3.96. The Hall–Kier alpha value is -2.05. The maximum absolute atomic E-state index is 12.5. The topological polar surface area (TPSA) is 67.4 Å². The summed E-state index contributed by atoms with van der Waals surface area (Å²) in [6, 6.07) is 9.13. The SMILES string of the molecule is O=C1NCC2(CCC(C(=O)NCc3cccs3)CC2)Oc2ccc(Cl)cc21. The van der Waals surface area contributed by atoms with Gasteiger partial charge in [-0.2, -0.15) is 0 Å². The van der Waals surface area contributed by atoms with E-state index < -0.39 is 5.60 Å². The van der Waals surface area contributed by atoms with E-state index in [0.717, 1.165) is 30.6 Å². The van der Waals surface area contributed by atoms with E-state index in [0.29, 0.717) is 29.4 Å². The number of thiophene rings is 1. The first-order valence-corrected chi connectivity index (χ1v) is 10.4. The van der Waals surface area contributed by atoms with Gasteiger partial charge in [-0.05, 0) is 55.3 Å². The van der Waals surface area contributed by atoms with Gasteiger partial charge in [-0.3, -0.25) is 9.59 Å². The van der Waals surface area contributed by atoms with E-state index >= 15 is 0 Å². The Labute approximate surface area is 167 Å². The molecule has 1 aromatic heterocycles. The highest BCUT2D eigenvalue weighted by atomic mass is 35.5. The Morgan fingerprint density at radius 1 is 1.33 bits per heavy atom. The maximum atomic E-state index is 12.5. The molecular weight excluding hydrogens is 384 g/mol. The van der Waals surface area contributed by atoms with Crippen molar-refractivity contribution in [2.24, 2.45) is 5.92 Å². The molecule has 27 heavy (non-hydrogen) atoms. The number of carbonyl (C=O) groups excluding carboxylic acids is 2. The van der Waals surface area contributed by atoms with E-state index in [4.69, 9.17) is 16.3 Å². The summed E-state index contributed by atoms with van der Waals surface area (Å²) >= 11 is 7.66. The molecule has 5 nitrogen and oxygen atoms in total. The molecule has 1 aromatic carbocycles. The quantitative estimate of drug-likeness (QED) is 0.818. The summed E-state index contributed by atoms with van der Waals surface area (Å²) < 4.78 is 6.29. The second-order valence-corrected chi connectivity index (χ2v) is 8.65. The Morgan fingerprint density at radius 3 is 2.89 bits per heavy atom. The van der Waals surface area contributed by atoms with Crippen LogP contribution >= 0.6 is 22.9 Å². The fraction of sp³-hybridized carbons (Fsp3) is 0.400. The molecule has 1 aliphatic heterocycles. The molecule has 0 unspecified atom stereocenters. The second kappa shape index (κ2) is 7.52. The minimum atomic E-state index is -0.459. The lowest BCUT2D eigenvalue weighted by Crippen LogP contribution is -2.49. The third-order valence-electron chi connectivity index (χ3n) is 5.37. The first-order chi connectivity index (χ1) is 13.0. The Balaban J connectivity index is 1.39. The molecule has 0 atom stereocenters. The highest BCUT2D eigenvalue weighted by Crippen LogP contribution is 2.38. The molecule has 1 saturated carbocycles. The number of halogens is 1. The van der Waals surface area contributed by atoms with Crippen molar-refractivity contribution in [3.8, 4) is 5.75 Å². The standard InChI is InChI=1S/C20H21ClN2O3S/c21-14-3-4-17-16(10-14)19(25)23-12-20(26-17)7-5-13(6-8-20)18(24)22-11-15-2-1-9-27-15/h1-4,9-10,13H,5-8,11-12H2,(H,22,24)(H,23,25). The van der Waals surface area contributed by atoms with Crippen LogP contribution in [0, 0.1) is 5.92 Å². The van der Waals surface area contributed by atoms with Gasteiger partial charge in [-0.15, -0.1) is 11.3 Å². The molecule has 2 heterocycles. The molecule has 7 heteroatoms. The molecule has 2 aliphatic rings. The number of rotatable bonds is 3. The predicted octanol–water partition coefficient (Wildman–Crippen LogP) is 3.77. The van der Waals surface area contributed by atoms with Gasteiger partial charge < -0.3 is 15.4 Å². The van der Waals surface area contributed by atoms with E-state index in [2.05, 4.69) is 10.6 Å². The van der Waals surface area contributed by atoms with E-state index in [-0.39, 0.29) is 17.7 Å². The normalized spacial score (nSPS) is 24.5. The average Bonchev–Trinajstić information content (AvgIpc) is 3.16. The van der Waals surface area contributed by atoms with Gasteiger partial charge in [0.25, 0.3) is 5.91 Å². The monoisotopic (exact) mass is 404 g/mol. The highest BCUT2D eigenvalue weighted by Gasteiger charge is 2.41. The fourth-order valence-electron chi connectivity index (χ4n) is 3.79. The maximum Gasteiger partial charge on any atom is 0.255 e. The summed E-state index contributed by atoms with van der Waals surface area (Å²) in [5, 5.41) is 8.51. The summed E-state index contributed by atoms with van der Waals surface area (Å²) in [6.45, 7) is 1.03. The lowest BCUT2D eigenvalue weighted by molar-refractivity contribution is -0.127. The van der Waals surface area contributed by atoms with Crippen molar-refractivity contribution in [3.05, 3.63) is 51.2 Å². The summed E-state index contributed by atoms with van der Waals surface area (Å²) in [5.41, 5.74) is 0.00871. The summed E-state index contributed by atoms with van der Waals surface area (Å²) in [6.07, 6.45) is 2.95. The lowest BCUT2D eigenvalue weighted by atomic mass is 9.78. The van der Waals surface area contributed by atoms with Gasteiger partial charge in [-0.1, -0.05) is 17.7 Å². The number of carbonyl (C=O) groups is 2. The molecule has 142 valence electrons. The van der Waals surface area contributed by atoms with Gasteiger partial charge in [0, 0.05) is 15.8 Å². The van der Waals surface area contributed by atoms with Gasteiger partial charge in [0.2, 0.25) is 5.91 Å². The summed E-state index contributed by atoms with van der Waals surface area (Å²) in [5.74, 6) is 0.487. The van der Waals surface area contributed by atoms with Crippen LogP contribution in [-0.2, 0) is 11.3 Å². The molecular formula is C20H21ClN2O3S. The van der Waals surface area contributed by atoms with Crippen LogP contribution in [-0.4, -0.2) is 24.0 Å². The lowest BCUT2D eigenvalue weighted by Gasteiger charge is -2.39. The zero-order valence-corrected chi connectivity index (χ0v) is 16.4. The smallest absolute Gasteiger partial charge is 0.255 e. The number of hydrogen-bond donors (Lipinski definition) is 2. The first-order valence-electron chi connectivity index (χ1n) is 9.12. The van der Waals surface area contributed by atoms with Gasteiger partial charge >= 0.3 is 0 Å². The average molecular weight is 405 g/mol. The van der Waals surface area contributed by atoms with Gasteiger partial charge in [0.15, 0.2) is 0 Å². The van der Waals surface area contributed by atoms with Crippen LogP contribution in [0.15, 0.2) is 35.7 Å². The minimum absolute atomic E-state index is 0.0113. The van der Waals surface area contributed by atoms with Crippen LogP contribution in [0.25, 0.3) is 0 Å². The molecule has 0 bridgehead atoms. The second-order valence-electron chi connectivity index (χ2n) is 7.18. The first kappa shape index (κ1) is 18.3. The van der Waals surface area contributed by atoms with Crippen molar-refractivity contribution in [2.45, 2.75) is 37.8 Å². The van der Waals surface area contributed by atoms with Crippen LogP contribution in [0.3, 0.4) is 0 Å². The van der Waals surface area contributed by atoms with Crippen molar-refractivity contribution in [2.75, 3.05) is 6.54 Å². The van der Waals surface area contributed by atoms with Crippen LogP contribution < -0.4 is 15.4 Å². The molecule has 2 amide bonds. The highest BCUT2D eigenvalue weighted by molar-refractivity contribution is 7.09. The van der Waals surface area contributed by atoms with E-state index in [1.807, 2.05) is 17.5 Å². The van der Waals surface area contributed by atoms with Gasteiger partial charge in [-0.25, -0.2) is 0 Å². The molecule has 1 fully saturated rings. The summed E-state index contributed by atoms with van der Waals surface area (Å²) in [7, 11) is 0. The predicted molar refractivity (Wildman–Crippen MR) is 105 cm³/mol. The van der Waals surface area contributed by atoms with Crippen LogP contribution in [0.5, 0.6) is 5.75 Å². The van der Waals surface area contributed by atoms with Crippen molar-refractivity contribution in [1.82, 2.24) is 10.6 Å². The van der Waals surface area contributed by atoms with Crippen LogP contribution in [0.4, 0.5) is 0 Å². The molecule has 1 aliphatic carbocycles. The number of nitrogens with one attached hydrogen (secondary N) is 2. The number of ether oxygens (including phenoxy) is 1. The van der Waals surface area contributed by atoms with Gasteiger partial charge in [0.1, 0.15) is 11.4 Å². The molecule has 1 spiro atoms. The zero-order valence-electron chi connectivity index (χ0n) is 14.8. The molecule has 0 saturated heterocycles. The molecule has 2 aromatic rings. The van der Waals surface area contributed by atoms with E-state index in [9.17, 15) is 9.59 Å². The number of benzene rings is 1. The Bertz CT molecular complexity index is 845. The minimum Gasteiger partial charge on any atom is -0.485 e. The Morgan fingerprint density at radius 2 is 2.15 bits per heavy atom. The summed E-state index contributed by atoms with van der Waals surface area (Å²) in [4.78, 5) is 26.0. The van der Waals surface area contributed by atoms with E-state index in [1.54, 1.807) is 29.5 Å². The van der Waals surface area contributed by atoms with Crippen LogP contribution in [0.1, 0.15) is 40.9 Å². The molecule has 2 N–H and O–H groups in total. The Kier molecular flexibility index (Phi) is 5.10. The largest absolute Gasteiger partial charge is 0.485 e. The molecule has 4 rings (SSSR count). The van der Waals surface area contributed by atoms with Crippen molar-refractivity contribution in [1.29, 1.82) is 0 Å². The van der Waals surface area contributed by atoms with Gasteiger partial charge in [0.05, 0.1) is 18.7 Å². The van der Waals surface area contributed by atoms with Crippen molar-refractivity contribution in [3.63, 3.8) is 0 Å². The van der Waals surface area contributed by atoms with Crippen LogP contribution in [0.2, 0.25) is 5.02 Å².